The van der Waals surface area contributed by atoms with Crippen LogP contribution in [0.15, 0.2) is 42.6 Å². The van der Waals surface area contributed by atoms with Crippen molar-refractivity contribution in [2.75, 3.05) is 0 Å². The number of aromatic nitrogens is 3. The molecule has 5 heteroatoms. The van der Waals surface area contributed by atoms with E-state index in [4.69, 9.17) is 23.2 Å². The minimum atomic E-state index is 0.510. The smallest absolute Gasteiger partial charge is 0.156 e. The molecule has 0 spiro atoms. The molecular formula is C15H11Cl2N3. The molecule has 3 aromatic rings. The molecule has 0 unspecified atom stereocenters. The Balaban J connectivity index is 2.12. The lowest BCUT2D eigenvalue weighted by molar-refractivity contribution is 1.20. The number of nitrogens with zero attached hydrogens (tertiary/aromatic N) is 2. The van der Waals surface area contributed by atoms with Crippen LogP contribution in [0.2, 0.25) is 10.0 Å². The third kappa shape index (κ3) is 2.30. The molecule has 100 valence electrons. The minimum absolute atomic E-state index is 0.510. The maximum atomic E-state index is 6.25. The van der Waals surface area contributed by atoms with Crippen molar-refractivity contribution in [1.82, 2.24) is 15.0 Å². The van der Waals surface area contributed by atoms with E-state index in [1.165, 1.54) is 0 Å². The minimum Gasteiger partial charge on any atom is -0.340 e. The van der Waals surface area contributed by atoms with Crippen molar-refractivity contribution < 1.29 is 0 Å². The molecule has 0 bridgehead atoms. The van der Waals surface area contributed by atoms with E-state index in [0.29, 0.717) is 15.9 Å². The molecule has 2 aromatic heterocycles. The largest absolute Gasteiger partial charge is 0.340 e. The first-order chi connectivity index (χ1) is 9.66. The van der Waals surface area contributed by atoms with E-state index in [1.807, 2.05) is 37.3 Å². The van der Waals surface area contributed by atoms with Crippen LogP contribution < -0.4 is 0 Å². The lowest BCUT2D eigenvalue weighted by Gasteiger charge is -2.03. The number of imidazole rings is 1. The van der Waals surface area contributed by atoms with E-state index in [0.717, 1.165) is 22.6 Å². The average Bonchev–Trinajstić information content (AvgIpc) is 2.85. The number of pyridine rings is 1. The fourth-order valence-corrected chi connectivity index (χ4v) is 2.42. The molecule has 0 atom stereocenters. The molecule has 0 fully saturated rings. The van der Waals surface area contributed by atoms with E-state index in [-0.39, 0.29) is 0 Å². The summed E-state index contributed by atoms with van der Waals surface area (Å²) in [6.45, 7) is 1.95. The second-order valence-corrected chi connectivity index (χ2v) is 5.16. The van der Waals surface area contributed by atoms with Gasteiger partial charge in [0.1, 0.15) is 5.69 Å². The summed E-state index contributed by atoms with van der Waals surface area (Å²) in [4.78, 5) is 12.1. The first-order valence-electron chi connectivity index (χ1n) is 6.09. The Hall–Kier alpha value is -1.84. The number of H-pyrrole nitrogens is 1. The molecule has 3 rings (SSSR count). The molecule has 0 amide bonds. The van der Waals surface area contributed by atoms with Crippen molar-refractivity contribution in [2.45, 2.75) is 6.92 Å². The van der Waals surface area contributed by atoms with Crippen LogP contribution in [0, 0.1) is 6.92 Å². The van der Waals surface area contributed by atoms with Crippen molar-refractivity contribution >= 4 is 23.2 Å². The highest BCUT2D eigenvalue weighted by molar-refractivity contribution is 6.43. The second kappa shape index (κ2) is 5.27. The quantitative estimate of drug-likeness (QED) is 0.742. The summed E-state index contributed by atoms with van der Waals surface area (Å²) in [5.74, 6) is 0.717. The number of hydrogen-bond acceptors (Lipinski definition) is 2. The van der Waals surface area contributed by atoms with Crippen LogP contribution >= 0.6 is 23.2 Å². The Morgan fingerprint density at radius 1 is 1.05 bits per heavy atom. The van der Waals surface area contributed by atoms with Gasteiger partial charge in [-0.2, -0.15) is 0 Å². The summed E-state index contributed by atoms with van der Waals surface area (Å²) in [7, 11) is 0. The van der Waals surface area contributed by atoms with Gasteiger partial charge in [0.2, 0.25) is 0 Å². The third-order valence-electron chi connectivity index (χ3n) is 3.00. The van der Waals surface area contributed by atoms with Gasteiger partial charge in [0.15, 0.2) is 5.82 Å². The number of nitrogens with one attached hydrogen (secondary N) is 1. The van der Waals surface area contributed by atoms with Gasteiger partial charge in [-0.1, -0.05) is 41.4 Å². The number of aryl methyl sites for hydroxylation is 1. The molecule has 0 aliphatic carbocycles. The van der Waals surface area contributed by atoms with Gasteiger partial charge >= 0.3 is 0 Å². The Morgan fingerprint density at radius 3 is 2.65 bits per heavy atom. The van der Waals surface area contributed by atoms with Gasteiger partial charge in [0, 0.05) is 17.5 Å². The van der Waals surface area contributed by atoms with E-state index in [1.54, 1.807) is 12.3 Å². The van der Waals surface area contributed by atoms with Crippen LogP contribution in [0.3, 0.4) is 0 Å². The Kier molecular flexibility index (Phi) is 3.47. The first kappa shape index (κ1) is 13.2. The summed E-state index contributed by atoms with van der Waals surface area (Å²) >= 11 is 12.3. The van der Waals surface area contributed by atoms with E-state index >= 15 is 0 Å². The lowest BCUT2D eigenvalue weighted by atomic mass is 10.1. The Bertz CT molecular complexity index is 751. The zero-order chi connectivity index (χ0) is 14.1. The average molecular weight is 304 g/mol. The van der Waals surface area contributed by atoms with Crippen LogP contribution in [0.5, 0.6) is 0 Å². The van der Waals surface area contributed by atoms with E-state index < -0.39 is 0 Å². The van der Waals surface area contributed by atoms with Crippen LogP contribution in [-0.4, -0.2) is 15.0 Å². The van der Waals surface area contributed by atoms with Gasteiger partial charge in [-0.15, -0.1) is 0 Å². The van der Waals surface area contributed by atoms with Gasteiger partial charge in [-0.25, -0.2) is 4.98 Å². The Labute approximate surface area is 126 Å². The molecule has 3 nitrogen and oxygen atoms in total. The van der Waals surface area contributed by atoms with Gasteiger partial charge in [-0.3, -0.25) is 4.98 Å². The number of halogens is 2. The Morgan fingerprint density at radius 2 is 1.90 bits per heavy atom. The molecule has 0 aliphatic rings. The summed E-state index contributed by atoms with van der Waals surface area (Å²) in [5, 5.41) is 1.03. The fourth-order valence-electron chi connectivity index (χ4n) is 2.03. The maximum Gasteiger partial charge on any atom is 0.156 e. The van der Waals surface area contributed by atoms with Crippen LogP contribution in [0.1, 0.15) is 5.69 Å². The van der Waals surface area contributed by atoms with Crippen LogP contribution in [0.4, 0.5) is 0 Å². The molecule has 0 saturated carbocycles. The summed E-state index contributed by atoms with van der Waals surface area (Å²) in [5.41, 5.74) is 3.32. The number of rotatable bonds is 2. The topological polar surface area (TPSA) is 41.6 Å². The lowest BCUT2D eigenvalue weighted by Crippen LogP contribution is -1.85. The molecular weight excluding hydrogens is 293 g/mol. The van der Waals surface area contributed by atoms with E-state index in [2.05, 4.69) is 15.0 Å². The van der Waals surface area contributed by atoms with Crippen LogP contribution in [-0.2, 0) is 0 Å². The van der Waals surface area contributed by atoms with Crippen molar-refractivity contribution in [3.63, 3.8) is 0 Å². The van der Waals surface area contributed by atoms with Crippen molar-refractivity contribution in [3.8, 4) is 22.8 Å². The second-order valence-electron chi connectivity index (χ2n) is 4.38. The predicted octanol–water partition coefficient (Wildman–Crippen LogP) is 4.75. The maximum absolute atomic E-state index is 6.25. The summed E-state index contributed by atoms with van der Waals surface area (Å²) < 4.78 is 0. The number of benzene rings is 1. The summed E-state index contributed by atoms with van der Waals surface area (Å²) in [6, 6.07) is 11.2. The zero-order valence-electron chi connectivity index (χ0n) is 10.7. The third-order valence-corrected chi connectivity index (χ3v) is 3.82. The van der Waals surface area contributed by atoms with Gasteiger partial charge in [0.25, 0.3) is 0 Å². The SMILES string of the molecule is Cc1[nH]c(-c2ccccn2)nc1-c1cccc(Cl)c1Cl. The molecule has 1 aromatic carbocycles. The molecule has 0 aliphatic heterocycles. The van der Waals surface area contributed by atoms with Crippen LogP contribution in [0.25, 0.3) is 22.8 Å². The normalized spacial score (nSPS) is 10.8. The molecule has 20 heavy (non-hydrogen) atoms. The predicted molar refractivity (Wildman–Crippen MR) is 82.0 cm³/mol. The van der Waals surface area contributed by atoms with Crippen molar-refractivity contribution in [1.29, 1.82) is 0 Å². The number of aromatic amines is 1. The fraction of sp³-hybridized carbons (Fsp3) is 0.0667. The van der Waals surface area contributed by atoms with Gasteiger partial charge < -0.3 is 4.98 Å². The zero-order valence-corrected chi connectivity index (χ0v) is 12.2. The van der Waals surface area contributed by atoms with E-state index in [9.17, 15) is 0 Å². The highest BCUT2D eigenvalue weighted by Gasteiger charge is 2.14. The summed E-state index contributed by atoms with van der Waals surface area (Å²) in [6.07, 6.45) is 1.74. The van der Waals surface area contributed by atoms with Gasteiger partial charge in [0.05, 0.1) is 15.7 Å². The highest BCUT2D eigenvalue weighted by Crippen LogP contribution is 2.34. The van der Waals surface area contributed by atoms with Crippen molar-refractivity contribution in [3.05, 3.63) is 58.3 Å². The standard InChI is InChI=1S/C15H11Cl2N3/c1-9-14(10-5-4-6-11(16)13(10)17)20-15(19-9)12-7-2-3-8-18-12/h2-8H,1H3,(H,19,20). The molecule has 2 heterocycles. The monoisotopic (exact) mass is 303 g/mol. The van der Waals surface area contributed by atoms with Crippen molar-refractivity contribution in [2.24, 2.45) is 0 Å². The molecule has 1 N–H and O–H groups in total. The van der Waals surface area contributed by atoms with Gasteiger partial charge in [-0.05, 0) is 25.1 Å². The molecule has 0 radical (unpaired) electrons. The highest BCUT2D eigenvalue weighted by atomic mass is 35.5. The first-order valence-corrected chi connectivity index (χ1v) is 6.85. The number of hydrogen-bond donors (Lipinski definition) is 1. The molecule has 0 saturated heterocycles.